The maximum atomic E-state index is 13.0. The molecule has 0 aliphatic heterocycles. The van der Waals surface area contributed by atoms with Gasteiger partial charge < -0.3 is 5.73 Å². The van der Waals surface area contributed by atoms with E-state index < -0.39 is 30.7 Å². The maximum absolute atomic E-state index is 13.0. The second kappa shape index (κ2) is 9.55. The van der Waals surface area contributed by atoms with Gasteiger partial charge in [-0.15, -0.1) is 10.2 Å². The van der Waals surface area contributed by atoms with Crippen molar-refractivity contribution < 1.29 is 18.0 Å². The fourth-order valence-corrected chi connectivity index (χ4v) is 3.65. The smallest absolute Gasteiger partial charge is 0.363 e. The van der Waals surface area contributed by atoms with Crippen molar-refractivity contribution in [3.63, 3.8) is 0 Å². The molecule has 2 N–H and O–H groups in total. The Hall–Kier alpha value is -3.64. The van der Waals surface area contributed by atoms with E-state index >= 15 is 0 Å². The number of rotatable bonds is 7. The van der Waals surface area contributed by atoms with Crippen LogP contribution in [0.3, 0.4) is 0 Å². The quantitative estimate of drug-likeness (QED) is 0.395. The molecule has 0 saturated heterocycles. The van der Waals surface area contributed by atoms with Crippen molar-refractivity contribution in [2.75, 3.05) is 0 Å². The van der Waals surface area contributed by atoms with E-state index in [2.05, 4.69) is 15.2 Å². The minimum Gasteiger partial charge on any atom is -0.363 e. The Balaban J connectivity index is 1.76. The lowest BCUT2D eigenvalue weighted by molar-refractivity contribution is -0.136. The molecule has 2 aromatic heterocycles. The summed E-state index contributed by atoms with van der Waals surface area (Å²) < 4.78 is 41.6. The summed E-state index contributed by atoms with van der Waals surface area (Å²) in [6.45, 7) is -0.982. The second-order valence-electron chi connectivity index (χ2n) is 7.37. The van der Waals surface area contributed by atoms with Gasteiger partial charge >= 0.3 is 11.9 Å². The van der Waals surface area contributed by atoms with Crippen LogP contribution in [0.4, 0.5) is 13.2 Å². The summed E-state index contributed by atoms with van der Waals surface area (Å²) in [7, 11) is 0. The molecule has 4 rings (SSSR count). The van der Waals surface area contributed by atoms with E-state index in [0.29, 0.717) is 16.3 Å². The lowest BCUT2D eigenvalue weighted by Crippen LogP contribution is -2.27. The highest BCUT2D eigenvalue weighted by Crippen LogP contribution is 2.24. The Morgan fingerprint density at radius 2 is 1.71 bits per heavy atom. The minimum atomic E-state index is -4.48. The van der Waals surface area contributed by atoms with Gasteiger partial charge in [-0.25, -0.2) is 19.1 Å². The molecule has 0 aliphatic carbocycles. The molecule has 0 aliphatic rings. The number of aromatic nitrogens is 6. The first-order valence-corrected chi connectivity index (χ1v) is 10.8. The number of hydrogen-bond donors (Lipinski definition) is 1. The van der Waals surface area contributed by atoms with Crippen LogP contribution in [0, 0.1) is 0 Å². The van der Waals surface area contributed by atoms with Gasteiger partial charge in [0.1, 0.15) is 6.54 Å². The molecule has 0 atom stereocenters. The van der Waals surface area contributed by atoms with Crippen LogP contribution in [0.2, 0.25) is 10.0 Å². The van der Waals surface area contributed by atoms with Crippen molar-refractivity contribution in [2.45, 2.75) is 25.7 Å². The summed E-state index contributed by atoms with van der Waals surface area (Å²) in [4.78, 5) is 29.0. The van der Waals surface area contributed by atoms with Crippen LogP contribution in [-0.2, 0) is 13.1 Å². The molecule has 0 saturated carbocycles. The zero-order valence-corrected chi connectivity index (χ0v) is 19.2. The fourth-order valence-electron chi connectivity index (χ4n) is 3.30. The van der Waals surface area contributed by atoms with Crippen molar-refractivity contribution in [1.82, 2.24) is 29.1 Å². The van der Waals surface area contributed by atoms with Crippen LogP contribution >= 0.6 is 23.2 Å². The molecule has 14 heteroatoms. The predicted molar refractivity (Wildman–Crippen MR) is 122 cm³/mol. The largest absolute Gasteiger partial charge is 0.390 e. The van der Waals surface area contributed by atoms with Gasteiger partial charge in [0.05, 0.1) is 17.1 Å². The Kier molecular flexibility index (Phi) is 6.68. The Morgan fingerprint density at radius 3 is 2.34 bits per heavy atom. The van der Waals surface area contributed by atoms with Gasteiger partial charge in [-0.2, -0.15) is 13.2 Å². The molecule has 0 fully saturated rings. The van der Waals surface area contributed by atoms with E-state index in [-0.39, 0.29) is 29.0 Å². The molecule has 1 amide bonds. The monoisotopic (exact) mass is 525 g/mol. The fraction of sp³-hybridized carbons (Fsp3) is 0.190. The first kappa shape index (κ1) is 24.5. The van der Waals surface area contributed by atoms with Gasteiger partial charge in [0.15, 0.2) is 11.6 Å². The summed E-state index contributed by atoms with van der Waals surface area (Å²) in [5, 5.41) is 9.10. The molecule has 0 spiro atoms. The zero-order chi connectivity index (χ0) is 25.3. The van der Waals surface area contributed by atoms with Crippen molar-refractivity contribution in [2.24, 2.45) is 5.73 Å². The molecule has 2 aromatic carbocycles. The predicted octanol–water partition coefficient (Wildman–Crippen LogP) is 3.70. The van der Waals surface area contributed by atoms with E-state index in [1.807, 2.05) is 0 Å². The summed E-state index contributed by atoms with van der Waals surface area (Å²) in [5.41, 5.74) is 5.33. The molecule has 2 heterocycles. The molecule has 4 aromatic rings. The van der Waals surface area contributed by atoms with E-state index in [4.69, 9.17) is 28.9 Å². The standard InChI is InChI=1S/C21H16Cl2F3N7O2/c22-13-7-5-12(6-8-13)18-30-32(20(35)31(18)10-9-21(24,25)26)11-16-28-19(17(27)34)33(29-16)15-4-2-1-3-14(15)23/h1-8H,9-11H2,(H2,27,34). The van der Waals surface area contributed by atoms with Crippen molar-refractivity contribution >= 4 is 29.1 Å². The Morgan fingerprint density at radius 1 is 1.03 bits per heavy atom. The second-order valence-corrected chi connectivity index (χ2v) is 8.21. The van der Waals surface area contributed by atoms with E-state index in [9.17, 15) is 22.8 Å². The van der Waals surface area contributed by atoms with Crippen LogP contribution in [-0.4, -0.2) is 41.2 Å². The van der Waals surface area contributed by atoms with E-state index in [0.717, 1.165) is 13.9 Å². The number of hydrogen-bond acceptors (Lipinski definition) is 5. The number of halogens is 5. The third-order valence-electron chi connectivity index (χ3n) is 4.89. The highest BCUT2D eigenvalue weighted by molar-refractivity contribution is 6.32. The molecule has 0 radical (unpaired) electrons. The van der Waals surface area contributed by atoms with E-state index in [1.165, 1.54) is 24.3 Å². The van der Waals surface area contributed by atoms with Crippen LogP contribution < -0.4 is 11.4 Å². The summed E-state index contributed by atoms with van der Waals surface area (Å²) in [6.07, 6.45) is -5.71. The number of benzene rings is 2. The zero-order valence-electron chi connectivity index (χ0n) is 17.7. The van der Waals surface area contributed by atoms with Gasteiger partial charge in [-0.05, 0) is 36.4 Å². The van der Waals surface area contributed by atoms with E-state index in [1.54, 1.807) is 24.3 Å². The average molecular weight is 526 g/mol. The average Bonchev–Trinajstić information content (AvgIpc) is 3.34. The van der Waals surface area contributed by atoms with Crippen molar-refractivity contribution in [1.29, 1.82) is 0 Å². The number of primary amides is 1. The molecular formula is C21H16Cl2F3N7O2. The highest BCUT2D eigenvalue weighted by Gasteiger charge is 2.29. The molecule has 35 heavy (non-hydrogen) atoms. The summed E-state index contributed by atoms with van der Waals surface area (Å²) >= 11 is 12.1. The molecule has 182 valence electrons. The number of carbonyl (C=O) groups excluding carboxylic acids is 1. The summed E-state index contributed by atoms with van der Waals surface area (Å²) in [6, 6.07) is 12.6. The molecular weight excluding hydrogens is 510 g/mol. The number of nitrogens with two attached hydrogens (primary N) is 1. The first-order valence-electron chi connectivity index (χ1n) is 10.0. The van der Waals surface area contributed by atoms with Gasteiger partial charge in [0.2, 0.25) is 5.82 Å². The number of amides is 1. The van der Waals surface area contributed by atoms with Gasteiger partial charge in [-0.3, -0.25) is 9.36 Å². The SMILES string of the molecule is NC(=O)c1nc(Cn2nc(-c3ccc(Cl)cc3)n(CCC(F)(F)F)c2=O)nn1-c1ccccc1Cl. The first-order chi connectivity index (χ1) is 16.5. The van der Waals surface area contributed by atoms with Crippen LogP contribution in [0.1, 0.15) is 22.9 Å². The molecule has 0 bridgehead atoms. The third-order valence-corrected chi connectivity index (χ3v) is 5.46. The van der Waals surface area contributed by atoms with Crippen molar-refractivity contribution in [3.8, 4) is 17.1 Å². The van der Waals surface area contributed by atoms with Crippen LogP contribution in [0.25, 0.3) is 17.1 Å². The number of para-hydroxylation sites is 1. The molecule has 0 unspecified atom stereocenters. The van der Waals surface area contributed by atoms with Crippen molar-refractivity contribution in [3.05, 3.63) is 80.7 Å². The lowest BCUT2D eigenvalue weighted by Gasteiger charge is -2.08. The number of nitrogens with zero attached hydrogens (tertiary/aromatic N) is 6. The Bertz CT molecular complexity index is 1440. The Labute approximate surface area is 205 Å². The van der Waals surface area contributed by atoms with Gasteiger partial charge in [-0.1, -0.05) is 35.3 Å². The van der Waals surface area contributed by atoms with Gasteiger partial charge in [0.25, 0.3) is 5.91 Å². The molecule has 9 nitrogen and oxygen atoms in total. The normalized spacial score (nSPS) is 11.7. The number of alkyl halides is 3. The van der Waals surface area contributed by atoms with Crippen LogP contribution in [0.15, 0.2) is 53.3 Å². The summed E-state index contributed by atoms with van der Waals surface area (Å²) in [5.74, 6) is -1.15. The maximum Gasteiger partial charge on any atom is 0.390 e. The number of carbonyl (C=O) groups is 1. The van der Waals surface area contributed by atoms with Gasteiger partial charge in [0, 0.05) is 17.1 Å². The highest BCUT2D eigenvalue weighted by atomic mass is 35.5. The van der Waals surface area contributed by atoms with Crippen LogP contribution in [0.5, 0.6) is 0 Å². The minimum absolute atomic E-state index is 0.0107. The topological polar surface area (TPSA) is 114 Å². The lowest BCUT2D eigenvalue weighted by atomic mass is 10.2. The third kappa shape index (κ3) is 5.38.